The van der Waals surface area contributed by atoms with Gasteiger partial charge in [0.2, 0.25) is 5.91 Å². The van der Waals surface area contributed by atoms with Gasteiger partial charge in [-0.25, -0.2) is 12.8 Å². The first-order chi connectivity index (χ1) is 21.3. The number of sulfone groups is 1. The van der Waals surface area contributed by atoms with Crippen LogP contribution in [0.1, 0.15) is 55.3 Å². The van der Waals surface area contributed by atoms with Crippen LogP contribution in [-0.4, -0.2) is 58.7 Å². The van der Waals surface area contributed by atoms with E-state index in [9.17, 15) is 35.6 Å². The molecule has 3 fully saturated rings. The van der Waals surface area contributed by atoms with Crippen LogP contribution in [0.2, 0.25) is 0 Å². The Kier molecular flexibility index (Phi) is 9.64. The third-order valence-corrected chi connectivity index (χ3v) is 10.7. The number of amides is 2. The Morgan fingerprint density at radius 2 is 1.67 bits per heavy atom. The number of methoxy groups -OCH3 is 2. The molecule has 0 heterocycles. The molecule has 0 unspecified atom stereocenters. The minimum absolute atomic E-state index is 0.00648. The largest absolute Gasteiger partial charge is 0.501 e. The summed E-state index contributed by atoms with van der Waals surface area (Å²) in [6, 6.07) is 5.75. The second-order valence-corrected chi connectivity index (χ2v) is 14.0. The van der Waals surface area contributed by atoms with Crippen LogP contribution in [0.5, 0.6) is 11.5 Å². The van der Waals surface area contributed by atoms with Crippen molar-refractivity contribution in [2.45, 2.75) is 67.5 Å². The molecule has 5 rings (SSSR count). The van der Waals surface area contributed by atoms with Crippen LogP contribution in [-0.2, 0) is 19.4 Å². The van der Waals surface area contributed by atoms with E-state index in [0.717, 1.165) is 49.9 Å². The number of alkyl halides is 3. The van der Waals surface area contributed by atoms with Crippen LogP contribution in [0.15, 0.2) is 41.3 Å². The lowest BCUT2D eigenvalue weighted by Crippen LogP contribution is -2.48. The Morgan fingerprint density at radius 1 is 0.956 bits per heavy atom. The van der Waals surface area contributed by atoms with Gasteiger partial charge in [-0.05, 0) is 87.0 Å². The highest BCUT2D eigenvalue weighted by molar-refractivity contribution is 7.92. The number of nitrogens with one attached hydrogen (secondary N) is 2. The number of halogens is 4. The number of rotatable bonds is 10. The number of carbonyl (C=O) groups excluding carboxylic acids is 2. The molecular weight excluding hydrogens is 620 g/mol. The summed E-state index contributed by atoms with van der Waals surface area (Å²) in [6.07, 6.45) is 5.11. The Hall–Kier alpha value is -3.39. The third-order valence-electron chi connectivity index (χ3n) is 9.22. The lowest BCUT2D eigenvalue weighted by atomic mass is 9.83. The Labute approximate surface area is 258 Å². The number of fused-ring (bicyclic) bond motifs is 2. The Morgan fingerprint density at radius 3 is 2.33 bits per heavy atom. The maximum absolute atomic E-state index is 15.0. The first-order valence-electron chi connectivity index (χ1n) is 14.9. The smallest absolute Gasteiger partial charge is 0.496 e. The minimum Gasteiger partial charge on any atom is -0.496 e. The average Bonchev–Trinajstić information content (AvgIpc) is 3.61. The summed E-state index contributed by atoms with van der Waals surface area (Å²) < 4.78 is 94.5. The Balaban J connectivity index is 1.31. The van der Waals surface area contributed by atoms with Crippen molar-refractivity contribution < 1.29 is 49.8 Å². The molecule has 2 amide bonds. The summed E-state index contributed by atoms with van der Waals surface area (Å²) in [5.41, 5.74) is -5.57. The zero-order chi connectivity index (χ0) is 32.5. The van der Waals surface area contributed by atoms with Crippen molar-refractivity contribution in [3.63, 3.8) is 0 Å². The van der Waals surface area contributed by atoms with Gasteiger partial charge in [0.05, 0.1) is 29.6 Å². The van der Waals surface area contributed by atoms with Crippen molar-refractivity contribution in [3.05, 3.63) is 47.8 Å². The summed E-state index contributed by atoms with van der Waals surface area (Å²) in [7, 11) is -2.64. The van der Waals surface area contributed by atoms with E-state index in [2.05, 4.69) is 10.6 Å². The lowest BCUT2D eigenvalue weighted by Gasteiger charge is -2.31. The number of hydrogen-bond acceptors (Lipinski definition) is 7. The fraction of sp³-hybridized carbons (Fsp3) is 0.548. The first-order valence-corrected chi connectivity index (χ1v) is 16.4. The molecule has 0 spiro atoms. The van der Waals surface area contributed by atoms with Gasteiger partial charge < -0.3 is 24.8 Å². The number of carbonyl (C=O) groups is 2. The second kappa shape index (κ2) is 13.1. The molecule has 2 aromatic rings. The van der Waals surface area contributed by atoms with Gasteiger partial charge in [0.15, 0.2) is 11.6 Å². The zero-order valence-electron chi connectivity index (χ0n) is 24.9. The predicted molar refractivity (Wildman–Crippen MR) is 155 cm³/mol. The molecule has 0 aliphatic heterocycles. The molecule has 45 heavy (non-hydrogen) atoms. The summed E-state index contributed by atoms with van der Waals surface area (Å²) in [4.78, 5) is 26.1. The standard InChI is InChI=1S/C31H36F4N2O7S/c1-42-16-17-6-10-21(11-7-17)44-26-14-23(25(43-2)15-24(26)32)29(38)37-28-19-9-8-18(12-19)27(28)30(39)36-20-4-3-5-22(13-20)45(40,41)31(33,34)35/h3-5,13-15,17-19,21,27-28H,6-12,16H2,1-2H3,(H,36,39)(H,37,38)/t17-,18-,19+,21-,27+,28-/m1/s1. The highest BCUT2D eigenvalue weighted by Crippen LogP contribution is 2.49. The van der Waals surface area contributed by atoms with Gasteiger partial charge in [-0.15, -0.1) is 0 Å². The minimum atomic E-state index is -5.61. The fourth-order valence-electron chi connectivity index (χ4n) is 7.01. The molecule has 9 nitrogen and oxygen atoms in total. The van der Waals surface area contributed by atoms with Crippen molar-refractivity contribution >= 4 is 27.3 Å². The molecule has 3 aliphatic carbocycles. The summed E-state index contributed by atoms with van der Waals surface area (Å²) in [5, 5.41) is 5.47. The molecule has 0 radical (unpaired) electrons. The van der Waals surface area contributed by atoms with E-state index >= 15 is 0 Å². The van der Waals surface area contributed by atoms with Crippen LogP contribution in [0.25, 0.3) is 0 Å². The van der Waals surface area contributed by atoms with E-state index in [1.165, 1.54) is 19.2 Å². The van der Waals surface area contributed by atoms with Crippen molar-refractivity contribution in [2.24, 2.45) is 23.7 Å². The second-order valence-electron chi connectivity index (χ2n) is 12.0. The van der Waals surface area contributed by atoms with Gasteiger partial charge in [-0.3, -0.25) is 9.59 Å². The summed E-state index contributed by atoms with van der Waals surface area (Å²) in [6.45, 7) is 0.655. The summed E-state index contributed by atoms with van der Waals surface area (Å²) in [5.74, 6) is -2.32. The van der Waals surface area contributed by atoms with E-state index < -0.39 is 49.8 Å². The summed E-state index contributed by atoms with van der Waals surface area (Å²) >= 11 is 0. The molecule has 0 saturated heterocycles. The molecule has 4 atom stereocenters. The third kappa shape index (κ3) is 6.91. The van der Waals surface area contributed by atoms with Gasteiger partial charge in [-0.1, -0.05) is 6.07 Å². The SMILES string of the molecule is COC[C@H]1CC[C@H](Oc2cc(C(=O)N[C@@H]3[C@H]4CC[C@H](C4)[C@@H]3C(=O)Nc3cccc(S(=O)(=O)C(F)(F)F)c3)c(OC)cc2F)CC1. The van der Waals surface area contributed by atoms with Crippen molar-refractivity contribution in [1.29, 1.82) is 0 Å². The molecule has 3 saturated carbocycles. The number of ether oxygens (including phenoxy) is 3. The number of hydrogen-bond donors (Lipinski definition) is 2. The van der Waals surface area contributed by atoms with Gasteiger partial charge in [0.25, 0.3) is 15.7 Å². The van der Waals surface area contributed by atoms with Crippen LogP contribution < -0.4 is 20.1 Å². The normalized spacial score (nSPS) is 26.4. The molecule has 246 valence electrons. The van der Waals surface area contributed by atoms with Crippen molar-refractivity contribution in [3.8, 4) is 11.5 Å². The monoisotopic (exact) mass is 656 g/mol. The van der Waals surface area contributed by atoms with E-state index in [4.69, 9.17) is 14.2 Å². The predicted octanol–water partition coefficient (Wildman–Crippen LogP) is 5.50. The zero-order valence-corrected chi connectivity index (χ0v) is 25.7. The number of anilines is 1. The van der Waals surface area contributed by atoms with E-state index in [0.29, 0.717) is 31.8 Å². The van der Waals surface area contributed by atoms with Crippen LogP contribution in [0.3, 0.4) is 0 Å². The molecular formula is C31H36F4N2O7S. The number of benzene rings is 2. The van der Waals surface area contributed by atoms with Gasteiger partial charge in [0, 0.05) is 31.5 Å². The van der Waals surface area contributed by atoms with E-state index in [-0.39, 0.29) is 40.7 Å². The van der Waals surface area contributed by atoms with Gasteiger partial charge in [-0.2, -0.15) is 13.2 Å². The molecule has 0 aromatic heterocycles. The average molecular weight is 657 g/mol. The van der Waals surface area contributed by atoms with Crippen LogP contribution >= 0.6 is 0 Å². The van der Waals surface area contributed by atoms with E-state index in [1.54, 1.807) is 7.11 Å². The fourth-order valence-corrected chi connectivity index (χ4v) is 7.82. The van der Waals surface area contributed by atoms with Gasteiger partial charge >= 0.3 is 5.51 Å². The van der Waals surface area contributed by atoms with Crippen LogP contribution in [0, 0.1) is 29.5 Å². The maximum Gasteiger partial charge on any atom is 0.501 e. The topological polar surface area (TPSA) is 120 Å². The maximum atomic E-state index is 15.0. The van der Waals surface area contributed by atoms with Crippen molar-refractivity contribution in [2.75, 3.05) is 26.1 Å². The van der Waals surface area contributed by atoms with Crippen LogP contribution in [0.4, 0.5) is 23.2 Å². The highest BCUT2D eigenvalue weighted by Gasteiger charge is 2.52. The quantitative estimate of drug-likeness (QED) is 0.325. The lowest BCUT2D eigenvalue weighted by molar-refractivity contribution is -0.122. The van der Waals surface area contributed by atoms with Crippen molar-refractivity contribution in [1.82, 2.24) is 5.32 Å². The molecule has 2 aromatic carbocycles. The molecule has 14 heteroatoms. The first kappa shape index (κ1) is 33.0. The molecule has 2 bridgehead atoms. The Bertz CT molecular complexity index is 1530. The van der Waals surface area contributed by atoms with Gasteiger partial charge in [0.1, 0.15) is 5.75 Å². The highest BCUT2D eigenvalue weighted by atomic mass is 32.2. The molecule has 2 N–H and O–H groups in total. The molecule has 3 aliphatic rings. The van der Waals surface area contributed by atoms with E-state index in [1.807, 2.05) is 0 Å².